The van der Waals surface area contributed by atoms with Crippen molar-refractivity contribution in [1.29, 1.82) is 0 Å². The van der Waals surface area contributed by atoms with E-state index < -0.39 is 18.5 Å². The summed E-state index contributed by atoms with van der Waals surface area (Å²) in [5.74, 6) is 0.0254. The van der Waals surface area contributed by atoms with Crippen LogP contribution < -0.4 is 0 Å². The highest BCUT2D eigenvalue weighted by Crippen LogP contribution is 2.22. The summed E-state index contributed by atoms with van der Waals surface area (Å²) in [6, 6.07) is 0. The van der Waals surface area contributed by atoms with Gasteiger partial charge in [0.2, 0.25) is 5.91 Å². The second-order valence-electron chi connectivity index (χ2n) is 6.02. The third-order valence-corrected chi connectivity index (χ3v) is 4.13. The van der Waals surface area contributed by atoms with Gasteiger partial charge in [0.1, 0.15) is 6.10 Å². The molecular formula is C17H31NO5. The number of allylic oxidation sites excluding steroid dienone is 1. The molecule has 23 heavy (non-hydrogen) atoms. The number of likely N-dealkylation sites (N-methyl/N-ethyl adjacent to an activating group) is 1. The van der Waals surface area contributed by atoms with Crippen molar-refractivity contribution in [3.63, 3.8) is 0 Å². The van der Waals surface area contributed by atoms with Crippen LogP contribution in [0.2, 0.25) is 0 Å². The van der Waals surface area contributed by atoms with Crippen molar-refractivity contribution in [2.75, 3.05) is 13.1 Å². The normalized spacial score (nSPS) is 29.7. The van der Waals surface area contributed by atoms with Crippen molar-refractivity contribution < 1.29 is 24.5 Å². The van der Waals surface area contributed by atoms with Crippen LogP contribution in [0.15, 0.2) is 12.2 Å². The first kappa shape index (κ1) is 20.1. The quantitative estimate of drug-likeness (QED) is 0.659. The molecule has 1 aliphatic rings. The number of amides is 1. The molecule has 0 bridgehead atoms. The number of hydrogen-bond donors (Lipinski definition) is 2. The topological polar surface area (TPSA) is 79.2 Å². The number of aliphatic hydroxyl groups is 2. The fourth-order valence-electron chi connectivity index (χ4n) is 2.52. The molecule has 2 N–H and O–H groups in total. The number of carbonyl (C=O) groups is 1. The van der Waals surface area contributed by atoms with E-state index in [1.54, 1.807) is 17.9 Å². The molecule has 0 aromatic rings. The van der Waals surface area contributed by atoms with E-state index in [1.807, 2.05) is 26.8 Å². The Kier molecular flexibility index (Phi) is 8.76. The van der Waals surface area contributed by atoms with Crippen LogP contribution in [0.25, 0.3) is 0 Å². The third kappa shape index (κ3) is 6.59. The molecule has 1 rings (SSSR count). The largest absolute Gasteiger partial charge is 0.390 e. The summed E-state index contributed by atoms with van der Waals surface area (Å²) in [4.78, 5) is 13.6. The standard InChI is InChI=1S/C17H31NO5/c1-5-18(6-2)16(21)10-8-7-9-12(3)22-17-15(20)11-14(19)13(4)23-17/h8,10,12-15,17,19-20H,5-7,9,11H2,1-4H3/b10-8+/t12-,13+,14?,15-,17?/m1/s1. The lowest BCUT2D eigenvalue weighted by Crippen LogP contribution is -2.48. The Morgan fingerprint density at radius 2 is 2.00 bits per heavy atom. The second-order valence-corrected chi connectivity index (χ2v) is 6.02. The highest BCUT2D eigenvalue weighted by atomic mass is 16.7. The summed E-state index contributed by atoms with van der Waals surface area (Å²) < 4.78 is 11.2. The number of ether oxygens (including phenoxy) is 2. The summed E-state index contributed by atoms with van der Waals surface area (Å²) >= 11 is 0. The molecule has 1 fully saturated rings. The number of nitrogens with zero attached hydrogens (tertiary/aromatic N) is 1. The van der Waals surface area contributed by atoms with Crippen molar-refractivity contribution in [1.82, 2.24) is 4.90 Å². The Morgan fingerprint density at radius 3 is 2.61 bits per heavy atom. The molecule has 1 aliphatic heterocycles. The van der Waals surface area contributed by atoms with Crippen LogP contribution >= 0.6 is 0 Å². The van der Waals surface area contributed by atoms with Gasteiger partial charge in [0, 0.05) is 19.5 Å². The maximum atomic E-state index is 11.8. The van der Waals surface area contributed by atoms with Gasteiger partial charge in [-0.15, -0.1) is 0 Å². The molecule has 134 valence electrons. The molecule has 0 saturated carbocycles. The fourth-order valence-corrected chi connectivity index (χ4v) is 2.52. The van der Waals surface area contributed by atoms with E-state index in [-0.39, 0.29) is 24.5 Å². The number of rotatable bonds is 8. The van der Waals surface area contributed by atoms with Crippen LogP contribution in [0.1, 0.15) is 47.0 Å². The minimum absolute atomic E-state index is 0.0254. The lowest BCUT2D eigenvalue weighted by Gasteiger charge is -2.36. The van der Waals surface area contributed by atoms with Gasteiger partial charge >= 0.3 is 0 Å². The van der Waals surface area contributed by atoms with Gasteiger partial charge in [0.15, 0.2) is 6.29 Å². The molecule has 0 spiro atoms. The fraction of sp³-hybridized carbons (Fsp3) is 0.824. The minimum atomic E-state index is -0.816. The second kappa shape index (κ2) is 10.0. The molecule has 2 unspecified atom stereocenters. The molecular weight excluding hydrogens is 298 g/mol. The molecule has 1 saturated heterocycles. The van der Waals surface area contributed by atoms with Crippen molar-refractivity contribution in [2.24, 2.45) is 0 Å². The average Bonchev–Trinajstić information content (AvgIpc) is 2.50. The number of hydrogen-bond acceptors (Lipinski definition) is 5. The first-order valence-corrected chi connectivity index (χ1v) is 8.51. The molecule has 6 heteroatoms. The molecule has 0 aromatic heterocycles. The Morgan fingerprint density at radius 1 is 1.35 bits per heavy atom. The molecule has 6 nitrogen and oxygen atoms in total. The molecule has 5 atom stereocenters. The summed E-state index contributed by atoms with van der Waals surface area (Å²) in [6.45, 7) is 9.00. The van der Waals surface area contributed by atoms with E-state index in [9.17, 15) is 15.0 Å². The van der Waals surface area contributed by atoms with E-state index in [0.717, 1.165) is 12.8 Å². The lowest BCUT2D eigenvalue weighted by atomic mass is 10.0. The van der Waals surface area contributed by atoms with Crippen molar-refractivity contribution in [3.8, 4) is 0 Å². The predicted octanol–water partition coefficient (Wildman–Crippen LogP) is 1.45. The van der Waals surface area contributed by atoms with Crippen molar-refractivity contribution in [2.45, 2.75) is 77.7 Å². The summed E-state index contributed by atoms with van der Waals surface area (Å²) in [6.07, 6.45) is 2.53. The highest BCUT2D eigenvalue weighted by molar-refractivity contribution is 5.87. The van der Waals surface area contributed by atoms with Crippen LogP contribution in [0.3, 0.4) is 0 Å². The van der Waals surface area contributed by atoms with Gasteiger partial charge in [-0.2, -0.15) is 0 Å². The zero-order valence-corrected chi connectivity index (χ0v) is 14.6. The first-order valence-electron chi connectivity index (χ1n) is 8.51. The lowest BCUT2D eigenvalue weighted by molar-refractivity contribution is -0.273. The van der Waals surface area contributed by atoms with Gasteiger partial charge < -0.3 is 24.6 Å². The van der Waals surface area contributed by atoms with Crippen molar-refractivity contribution >= 4 is 5.91 Å². The van der Waals surface area contributed by atoms with Crippen LogP contribution in [-0.2, 0) is 14.3 Å². The molecule has 0 aromatic carbocycles. The van der Waals surface area contributed by atoms with Gasteiger partial charge in [-0.3, -0.25) is 4.79 Å². The van der Waals surface area contributed by atoms with Crippen molar-refractivity contribution in [3.05, 3.63) is 12.2 Å². The van der Waals surface area contributed by atoms with Gasteiger partial charge in [0.05, 0.1) is 18.3 Å². The smallest absolute Gasteiger partial charge is 0.246 e. The predicted molar refractivity (Wildman–Crippen MR) is 87.8 cm³/mol. The Labute approximate surface area is 139 Å². The number of aliphatic hydroxyl groups excluding tert-OH is 2. The first-order chi connectivity index (χ1) is 10.9. The minimum Gasteiger partial charge on any atom is -0.390 e. The maximum Gasteiger partial charge on any atom is 0.246 e. The summed E-state index contributed by atoms with van der Waals surface area (Å²) in [7, 11) is 0. The van der Waals surface area contributed by atoms with E-state index in [4.69, 9.17) is 9.47 Å². The van der Waals surface area contributed by atoms with Crippen LogP contribution in [0.4, 0.5) is 0 Å². The zero-order valence-electron chi connectivity index (χ0n) is 14.6. The molecule has 0 radical (unpaired) electrons. The van der Waals surface area contributed by atoms with E-state index >= 15 is 0 Å². The van der Waals surface area contributed by atoms with Crippen LogP contribution in [0, 0.1) is 0 Å². The van der Waals surface area contributed by atoms with Gasteiger partial charge in [0.25, 0.3) is 0 Å². The molecule has 0 aliphatic carbocycles. The highest BCUT2D eigenvalue weighted by Gasteiger charge is 2.35. The SMILES string of the molecule is CCN(CC)C(=O)/C=C/CC[C@@H](C)OC1O[C@@H](C)C(O)C[C@H]1O. The summed E-state index contributed by atoms with van der Waals surface area (Å²) in [5.41, 5.74) is 0. The van der Waals surface area contributed by atoms with Gasteiger partial charge in [-0.25, -0.2) is 0 Å². The third-order valence-electron chi connectivity index (χ3n) is 4.13. The number of carbonyl (C=O) groups excluding carboxylic acids is 1. The van der Waals surface area contributed by atoms with Gasteiger partial charge in [-0.05, 0) is 46.6 Å². The maximum absolute atomic E-state index is 11.8. The monoisotopic (exact) mass is 329 g/mol. The summed E-state index contributed by atoms with van der Waals surface area (Å²) in [5, 5.41) is 19.5. The zero-order chi connectivity index (χ0) is 17.4. The van der Waals surface area contributed by atoms with E-state index in [0.29, 0.717) is 13.1 Å². The van der Waals surface area contributed by atoms with Gasteiger partial charge in [-0.1, -0.05) is 6.08 Å². The Bertz CT molecular complexity index is 383. The molecule has 1 amide bonds. The van der Waals surface area contributed by atoms with Crippen LogP contribution in [0.5, 0.6) is 0 Å². The van der Waals surface area contributed by atoms with E-state index in [2.05, 4.69) is 0 Å². The average molecular weight is 329 g/mol. The molecule has 1 heterocycles. The Balaban J connectivity index is 2.31. The van der Waals surface area contributed by atoms with Crippen LogP contribution in [-0.4, -0.2) is 64.8 Å². The van der Waals surface area contributed by atoms with E-state index in [1.165, 1.54) is 0 Å². The Hall–Kier alpha value is -0.950.